The zero-order valence-corrected chi connectivity index (χ0v) is 8.26. The normalized spacial score (nSPS) is 12.1. The fourth-order valence-corrected chi connectivity index (χ4v) is 1.21. The molecule has 0 aromatic carbocycles. The fraction of sp³-hybridized carbons (Fsp3) is 0.667. The maximum absolute atomic E-state index is 5.91. The second-order valence-electron chi connectivity index (χ2n) is 4.04. The molecule has 1 heterocycles. The summed E-state index contributed by atoms with van der Waals surface area (Å²) < 4.78 is 1.88. The molecule has 0 atom stereocenters. The van der Waals surface area contributed by atoms with Crippen LogP contribution in [0, 0.1) is 6.92 Å². The molecular weight excluding hydrogens is 150 g/mol. The Hall–Kier alpha value is -0.830. The van der Waals surface area contributed by atoms with Crippen molar-refractivity contribution in [3.8, 4) is 0 Å². The molecule has 68 valence electrons. The molecule has 1 rings (SSSR count). The van der Waals surface area contributed by atoms with Crippen LogP contribution in [0.15, 0.2) is 6.20 Å². The van der Waals surface area contributed by atoms with E-state index in [2.05, 4.69) is 12.0 Å². The van der Waals surface area contributed by atoms with Crippen LogP contribution in [0.3, 0.4) is 0 Å². The zero-order chi connectivity index (χ0) is 9.35. The molecule has 0 bridgehead atoms. The van der Waals surface area contributed by atoms with Crippen LogP contribution in [0.25, 0.3) is 0 Å². The Kier molecular flexibility index (Phi) is 2.24. The second-order valence-corrected chi connectivity index (χ2v) is 4.04. The summed E-state index contributed by atoms with van der Waals surface area (Å²) in [6.45, 7) is 6.12. The monoisotopic (exact) mass is 167 g/mol. The lowest BCUT2D eigenvalue weighted by Crippen LogP contribution is -2.34. The van der Waals surface area contributed by atoms with Crippen LogP contribution in [-0.4, -0.2) is 15.3 Å². The summed E-state index contributed by atoms with van der Waals surface area (Å²) in [5, 5.41) is 4.16. The van der Waals surface area contributed by atoms with Gasteiger partial charge in [-0.1, -0.05) is 0 Å². The third kappa shape index (κ3) is 2.08. The van der Waals surface area contributed by atoms with Gasteiger partial charge in [-0.2, -0.15) is 5.10 Å². The van der Waals surface area contributed by atoms with Crippen molar-refractivity contribution < 1.29 is 0 Å². The van der Waals surface area contributed by atoms with Crippen molar-refractivity contribution in [2.45, 2.75) is 32.7 Å². The standard InChI is InChI=1S/C9H17N3/c1-7-8(5-9(2,3)10)6-11-12(7)4/h6H,5,10H2,1-4H3. The number of hydrogen-bond acceptors (Lipinski definition) is 2. The topological polar surface area (TPSA) is 43.8 Å². The lowest BCUT2D eigenvalue weighted by Gasteiger charge is -2.17. The summed E-state index contributed by atoms with van der Waals surface area (Å²) >= 11 is 0. The smallest absolute Gasteiger partial charge is 0.0525 e. The largest absolute Gasteiger partial charge is 0.325 e. The molecule has 0 saturated carbocycles. The molecule has 2 N–H and O–H groups in total. The molecule has 0 aliphatic carbocycles. The molecule has 0 aliphatic heterocycles. The predicted molar refractivity (Wildman–Crippen MR) is 49.9 cm³/mol. The van der Waals surface area contributed by atoms with Gasteiger partial charge in [-0.15, -0.1) is 0 Å². The first-order valence-corrected chi connectivity index (χ1v) is 4.16. The molecule has 12 heavy (non-hydrogen) atoms. The summed E-state index contributed by atoms with van der Waals surface area (Å²) in [6.07, 6.45) is 2.77. The van der Waals surface area contributed by atoms with E-state index in [0.29, 0.717) is 0 Å². The summed E-state index contributed by atoms with van der Waals surface area (Å²) in [5.74, 6) is 0. The van der Waals surface area contributed by atoms with Crippen molar-refractivity contribution in [3.63, 3.8) is 0 Å². The highest BCUT2D eigenvalue weighted by atomic mass is 15.3. The van der Waals surface area contributed by atoms with E-state index in [9.17, 15) is 0 Å². The fourth-order valence-electron chi connectivity index (χ4n) is 1.21. The maximum atomic E-state index is 5.91. The van der Waals surface area contributed by atoms with Crippen molar-refractivity contribution in [2.75, 3.05) is 0 Å². The Balaban J connectivity index is 2.83. The molecule has 0 fully saturated rings. The van der Waals surface area contributed by atoms with E-state index >= 15 is 0 Å². The third-order valence-corrected chi connectivity index (χ3v) is 1.98. The number of nitrogens with zero attached hydrogens (tertiary/aromatic N) is 2. The van der Waals surface area contributed by atoms with Gasteiger partial charge in [0.25, 0.3) is 0 Å². The van der Waals surface area contributed by atoms with Crippen LogP contribution in [0.1, 0.15) is 25.1 Å². The number of nitrogens with two attached hydrogens (primary N) is 1. The molecule has 1 aromatic rings. The van der Waals surface area contributed by atoms with E-state index in [0.717, 1.165) is 6.42 Å². The molecular formula is C9H17N3. The van der Waals surface area contributed by atoms with Crippen LogP contribution >= 0.6 is 0 Å². The van der Waals surface area contributed by atoms with E-state index in [1.54, 1.807) is 0 Å². The first-order valence-electron chi connectivity index (χ1n) is 4.16. The van der Waals surface area contributed by atoms with Gasteiger partial charge in [0.05, 0.1) is 6.20 Å². The molecule has 0 unspecified atom stereocenters. The Bertz CT molecular complexity index is 268. The van der Waals surface area contributed by atoms with Crippen molar-refractivity contribution in [1.82, 2.24) is 9.78 Å². The van der Waals surface area contributed by atoms with E-state index in [1.165, 1.54) is 11.3 Å². The third-order valence-electron chi connectivity index (χ3n) is 1.98. The van der Waals surface area contributed by atoms with Gasteiger partial charge in [-0.3, -0.25) is 4.68 Å². The first kappa shape index (κ1) is 9.26. The highest BCUT2D eigenvalue weighted by Crippen LogP contribution is 2.12. The number of aryl methyl sites for hydroxylation is 1. The lowest BCUT2D eigenvalue weighted by molar-refractivity contribution is 0.515. The number of rotatable bonds is 2. The highest BCUT2D eigenvalue weighted by molar-refractivity contribution is 5.18. The van der Waals surface area contributed by atoms with Gasteiger partial charge in [0.1, 0.15) is 0 Å². The maximum Gasteiger partial charge on any atom is 0.0525 e. The predicted octanol–water partition coefficient (Wildman–Crippen LogP) is 1.01. The first-order chi connectivity index (χ1) is 5.40. The molecule has 0 amide bonds. The van der Waals surface area contributed by atoms with Gasteiger partial charge >= 0.3 is 0 Å². The molecule has 3 nitrogen and oxygen atoms in total. The molecule has 0 spiro atoms. The van der Waals surface area contributed by atoms with Gasteiger partial charge in [-0.25, -0.2) is 0 Å². The summed E-state index contributed by atoms with van der Waals surface area (Å²) in [4.78, 5) is 0. The average molecular weight is 167 g/mol. The zero-order valence-electron chi connectivity index (χ0n) is 8.26. The van der Waals surface area contributed by atoms with Gasteiger partial charge in [-0.05, 0) is 32.8 Å². The minimum atomic E-state index is -0.145. The Morgan fingerprint density at radius 2 is 2.17 bits per heavy atom. The Morgan fingerprint density at radius 3 is 2.50 bits per heavy atom. The molecule has 0 saturated heterocycles. The second kappa shape index (κ2) is 2.90. The quantitative estimate of drug-likeness (QED) is 0.714. The van der Waals surface area contributed by atoms with E-state index in [4.69, 9.17) is 5.73 Å². The van der Waals surface area contributed by atoms with Gasteiger partial charge in [0, 0.05) is 18.3 Å². The lowest BCUT2D eigenvalue weighted by atomic mass is 9.97. The van der Waals surface area contributed by atoms with Gasteiger partial charge < -0.3 is 5.73 Å². The number of hydrogen-bond donors (Lipinski definition) is 1. The van der Waals surface area contributed by atoms with Gasteiger partial charge in [0.2, 0.25) is 0 Å². The van der Waals surface area contributed by atoms with E-state index in [-0.39, 0.29) is 5.54 Å². The van der Waals surface area contributed by atoms with Crippen molar-refractivity contribution in [2.24, 2.45) is 12.8 Å². The molecule has 0 aliphatic rings. The van der Waals surface area contributed by atoms with Crippen molar-refractivity contribution in [3.05, 3.63) is 17.5 Å². The summed E-state index contributed by atoms with van der Waals surface area (Å²) in [7, 11) is 1.95. The number of aromatic nitrogens is 2. The minimum Gasteiger partial charge on any atom is -0.325 e. The molecule has 0 radical (unpaired) electrons. The SMILES string of the molecule is Cc1c(CC(C)(C)N)cnn1C. The summed E-state index contributed by atoms with van der Waals surface area (Å²) in [5.41, 5.74) is 8.21. The average Bonchev–Trinajstić information content (AvgIpc) is 2.16. The van der Waals surface area contributed by atoms with E-state index < -0.39 is 0 Å². The van der Waals surface area contributed by atoms with E-state index in [1.807, 2.05) is 31.8 Å². The minimum absolute atomic E-state index is 0.145. The van der Waals surface area contributed by atoms with Crippen LogP contribution in [0.4, 0.5) is 0 Å². The van der Waals surface area contributed by atoms with Crippen LogP contribution in [0.5, 0.6) is 0 Å². The van der Waals surface area contributed by atoms with Crippen LogP contribution in [-0.2, 0) is 13.5 Å². The van der Waals surface area contributed by atoms with Crippen LogP contribution < -0.4 is 5.73 Å². The van der Waals surface area contributed by atoms with Crippen LogP contribution in [0.2, 0.25) is 0 Å². The Labute approximate surface area is 73.6 Å². The Morgan fingerprint density at radius 1 is 1.58 bits per heavy atom. The highest BCUT2D eigenvalue weighted by Gasteiger charge is 2.14. The van der Waals surface area contributed by atoms with Gasteiger partial charge in [0.15, 0.2) is 0 Å². The summed E-state index contributed by atoms with van der Waals surface area (Å²) in [6, 6.07) is 0. The van der Waals surface area contributed by atoms with Crippen molar-refractivity contribution in [1.29, 1.82) is 0 Å². The molecule has 1 aromatic heterocycles. The molecule has 3 heteroatoms. The van der Waals surface area contributed by atoms with Crippen molar-refractivity contribution >= 4 is 0 Å².